The lowest BCUT2D eigenvalue weighted by molar-refractivity contribution is -0.134. The molecule has 330 valence electrons. The van der Waals surface area contributed by atoms with Crippen LogP contribution in [0.4, 0.5) is 25.8 Å². The average Bonchev–Trinajstić information content (AvgIpc) is 3.61. The summed E-state index contributed by atoms with van der Waals surface area (Å²) in [7, 11) is 3.57. The van der Waals surface area contributed by atoms with E-state index >= 15 is 8.78 Å². The highest BCUT2D eigenvalue weighted by atomic mass is 19.1. The van der Waals surface area contributed by atoms with E-state index in [4.69, 9.17) is 15.1 Å². The predicted octanol–water partition coefficient (Wildman–Crippen LogP) is 5.03. The Balaban J connectivity index is 1.15. The number of hydrogen-bond donors (Lipinski definition) is 4. The SMILES string of the molecule is CN/C1=C(\C=N)c2cc(cc(C)n2)C(=O)/N=C2\Nc3ccc4cc3N2C[C@@H](CCCO1)C1CN(c2cc(F)c([C@H]3CCC(=O)NC3=O)c(F)c2)CCC1N1CCC(CC1)N(C)C4=O. The van der Waals surface area contributed by atoms with E-state index in [-0.39, 0.29) is 53.8 Å². The average molecular weight is 863 g/mol. The molecule has 63 heavy (non-hydrogen) atoms. The van der Waals surface area contributed by atoms with E-state index in [2.05, 4.69) is 25.8 Å². The van der Waals surface area contributed by atoms with Gasteiger partial charge in [0.05, 0.1) is 35.2 Å². The molecule has 4 N–H and O–H groups in total. The van der Waals surface area contributed by atoms with Crippen molar-refractivity contribution in [2.75, 3.05) is 68.5 Å². The first-order valence-electron chi connectivity index (χ1n) is 21.9. The van der Waals surface area contributed by atoms with Crippen LogP contribution >= 0.6 is 0 Å². The summed E-state index contributed by atoms with van der Waals surface area (Å²) >= 11 is 0. The van der Waals surface area contributed by atoms with Gasteiger partial charge in [0.25, 0.3) is 11.8 Å². The van der Waals surface area contributed by atoms with E-state index in [9.17, 15) is 19.2 Å². The van der Waals surface area contributed by atoms with Gasteiger partial charge < -0.3 is 35.5 Å². The quantitative estimate of drug-likeness (QED) is 0.205. The van der Waals surface area contributed by atoms with Crippen molar-refractivity contribution in [2.45, 2.75) is 69.9 Å². The van der Waals surface area contributed by atoms with Crippen molar-refractivity contribution in [1.29, 1.82) is 5.41 Å². The minimum atomic E-state index is -1.10. The number of aliphatic imine (C=N–C) groups is 1. The van der Waals surface area contributed by atoms with Crippen molar-refractivity contribution >= 4 is 58.4 Å². The normalized spacial score (nSPS) is 28.5. The fraction of sp³-hybridized carbons (Fsp3) is 0.457. The lowest BCUT2D eigenvalue weighted by Crippen LogP contribution is -2.58. The zero-order valence-electron chi connectivity index (χ0n) is 35.7. The summed E-state index contributed by atoms with van der Waals surface area (Å²) in [4.78, 5) is 70.6. The van der Waals surface area contributed by atoms with Gasteiger partial charge in [0.1, 0.15) is 11.6 Å². The molecule has 1 aromatic heterocycles. The summed E-state index contributed by atoms with van der Waals surface area (Å²) < 4.78 is 38.5. The highest BCUT2D eigenvalue weighted by molar-refractivity contribution is 6.20. The zero-order chi connectivity index (χ0) is 44.1. The van der Waals surface area contributed by atoms with E-state index in [0.717, 1.165) is 32.1 Å². The molecule has 0 radical (unpaired) electrons. The van der Waals surface area contributed by atoms with Crippen LogP contribution in [0.25, 0.3) is 5.57 Å². The van der Waals surface area contributed by atoms with Gasteiger partial charge >= 0.3 is 0 Å². The van der Waals surface area contributed by atoms with E-state index in [1.165, 1.54) is 12.1 Å². The Morgan fingerprint density at radius 2 is 1.70 bits per heavy atom. The van der Waals surface area contributed by atoms with Gasteiger partial charge in [0, 0.05) is 99.6 Å². The Hall–Kier alpha value is -6.23. The number of hydrogen-bond acceptors (Lipinski definition) is 12. The summed E-state index contributed by atoms with van der Waals surface area (Å²) in [5.74, 6) is -4.02. The molecule has 10 rings (SSSR count). The van der Waals surface area contributed by atoms with Crippen LogP contribution in [0.1, 0.15) is 88.5 Å². The number of imide groups is 1. The van der Waals surface area contributed by atoms with Crippen LogP contribution in [0, 0.1) is 35.8 Å². The standard InChI is InChI=1S/C46H52F2N10O5/c1-25-17-28-18-37(51-25)32(22-49)44(50-2)63-16-4-5-27-23-58-39-19-26(6-8-36(39)52-46(58)54-42(28)60)45(62)55(3)29-10-13-56(14-11-29)38-12-15-57(24-33(27)38)30-20-34(47)41(35(48)21-30)31-7-9-40(59)53-43(31)61/h6,8,17-22,27,29,31,33,38,49-50H,4-5,7,9-16,23-24H2,1-3H3,(H,52,54,60)(H,53,59,61)/b44-32-,49-22?/t27-,31-,33?,38?/m1/s1. The first-order chi connectivity index (χ1) is 30.4. The van der Waals surface area contributed by atoms with Gasteiger partial charge in [-0.15, -0.1) is 0 Å². The lowest BCUT2D eigenvalue weighted by atomic mass is 9.77. The number of fused-ring (bicyclic) bond motifs is 5. The first kappa shape index (κ1) is 42.1. The number of nitrogens with zero attached hydrogens (tertiary/aromatic N) is 6. The van der Waals surface area contributed by atoms with Crippen molar-refractivity contribution in [2.24, 2.45) is 16.8 Å². The summed E-state index contributed by atoms with van der Waals surface area (Å²) in [5.41, 5.74) is 3.58. The summed E-state index contributed by atoms with van der Waals surface area (Å²) in [6.45, 7) is 5.00. The second-order valence-corrected chi connectivity index (χ2v) is 17.5. The summed E-state index contributed by atoms with van der Waals surface area (Å²) in [6, 6.07) is 11.5. The number of carbonyl (C=O) groups excluding carboxylic acids is 4. The van der Waals surface area contributed by atoms with Crippen LogP contribution in [0.3, 0.4) is 0 Å². The molecule has 8 heterocycles. The number of rotatable bonds is 4. The first-order valence-corrected chi connectivity index (χ1v) is 21.9. The molecule has 0 spiro atoms. The number of aryl methyl sites for hydroxylation is 1. The van der Waals surface area contributed by atoms with Gasteiger partial charge in [0.2, 0.25) is 17.8 Å². The number of ether oxygens (including phenoxy) is 1. The van der Waals surface area contributed by atoms with Crippen LogP contribution in [0.2, 0.25) is 0 Å². The molecule has 17 heteroatoms. The van der Waals surface area contributed by atoms with E-state index in [1.54, 1.807) is 32.2 Å². The van der Waals surface area contributed by atoms with Gasteiger partial charge in [0.15, 0.2) is 5.88 Å². The minimum absolute atomic E-state index is 0.00166. The number of amides is 4. The molecule has 8 bridgehead atoms. The van der Waals surface area contributed by atoms with Gasteiger partial charge in [-0.1, -0.05) is 0 Å². The van der Waals surface area contributed by atoms with Gasteiger partial charge in [-0.25, -0.2) is 8.78 Å². The third-order valence-corrected chi connectivity index (χ3v) is 13.8. The van der Waals surface area contributed by atoms with Crippen LogP contribution in [-0.4, -0.2) is 116 Å². The fourth-order valence-corrected chi connectivity index (χ4v) is 10.5. The molecule has 4 atom stereocenters. The summed E-state index contributed by atoms with van der Waals surface area (Å²) in [6.07, 6.45) is 4.74. The fourth-order valence-electron chi connectivity index (χ4n) is 10.5. The number of allylic oxidation sites excluding steroid dienone is 1. The zero-order valence-corrected chi connectivity index (χ0v) is 35.7. The third kappa shape index (κ3) is 8.02. The van der Waals surface area contributed by atoms with E-state index < -0.39 is 35.3 Å². The lowest BCUT2D eigenvalue weighted by Gasteiger charge is -2.50. The molecule has 15 nitrogen and oxygen atoms in total. The van der Waals surface area contributed by atoms with Gasteiger partial charge in [-0.3, -0.25) is 34.4 Å². The van der Waals surface area contributed by atoms with Crippen LogP contribution in [0.15, 0.2) is 53.3 Å². The predicted molar refractivity (Wildman–Crippen MR) is 234 cm³/mol. The highest BCUT2D eigenvalue weighted by Crippen LogP contribution is 2.41. The molecular weight excluding hydrogens is 811 g/mol. The van der Waals surface area contributed by atoms with E-state index in [1.807, 2.05) is 33.9 Å². The number of guanidine groups is 1. The topological polar surface area (TPSA) is 176 Å². The Bertz CT molecular complexity index is 2430. The van der Waals surface area contributed by atoms with Crippen LogP contribution in [0.5, 0.6) is 0 Å². The number of carbonyl (C=O) groups is 4. The van der Waals surface area contributed by atoms with Crippen LogP contribution < -0.4 is 25.8 Å². The largest absolute Gasteiger partial charge is 0.479 e. The second-order valence-electron chi connectivity index (χ2n) is 17.5. The Kier molecular flexibility index (Phi) is 11.5. The molecule has 3 saturated heterocycles. The third-order valence-electron chi connectivity index (χ3n) is 13.8. The molecule has 7 aliphatic heterocycles. The molecule has 3 aromatic rings. The van der Waals surface area contributed by atoms with E-state index in [0.29, 0.717) is 96.9 Å². The number of nitrogens with one attached hydrogen (secondary N) is 4. The molecule has 0 saturated carbocycles. The number of anilines is 3. The minimum Gasteiger partial charge on any atom is -0.479 e. The number of pyridine rings is 1. The maximum absolute atomic E-state index is 16.1. The van der Waals surface area contributed by atoms with Crippen molar-refractivity contribution in [3.63, 3.8) is 0 Å². The van der Waals surface area contributed by atoms with Crippen LogP contribution in [-0.2, 0) is 14.3 Å². The number of benzene rings is 2. The Morgan fingerprint density at radius 3 is 2.43 bits per heavy atom. The van der Waals surface area contributed by atoms with Gasteiger partial charge in [-0.2, -0.15) is 4.99 Å². The highest BCUT2D eigenvalue weighted by Gasteiger charge is 2.43. The van der Waals surface area contributed by atoms with Crippen molar-refractivity contribution in [1.82, 2.24) is 25.4 Å². The molecule has 2 unspecified atom stereocenters. The Labute approximate surface area is 364 Å². The number of halogens is 2. The number of aromatic nitrogens is 1. The molecule has 7 aliphatic rings. The Morgan fingerprint density at radius 1 is 0.921 bits per heavy atom. The van der Waals surface area contributed by atoms with Crippen molar-refractivity contribution in [3.05, 3.63) is 88.1 Å². The summed E-state index contributed by atoms with van der Waals surface area (Å²) in [5, 5.41) is 17.0. The molecular formula is C46H52F2N10O5. The monoisotopic (exact) mass is 862 g/mol. The molecule has 2 aromatic carbocycles. The number of piperidine rings is 3. The maximum atomic E-state index is 16.1. The smallest absolute Gasteiger partial charge is 0.280 e. The molecule has 3 fully saturated rings. The molecule has 0 aliphatic carbocycles. The second kappa shape index (κ2) is 17.1. The maximum Gasteiger partial charge on any atom is 0.280 e. The molecule has 4 amide bonds. The van der Waals surface area contributed by atoms with Crippen molar-refractivity contribution in [3.8, 4) is 0 Å². The van der Waals surface area contributed by atoms with Gasteiger partial charge in [-0.05, 0) is 99.7 Å². The van der Waals surface area contributed by atoms with Crippen molar-refractivity contribution < 1.29 is 32.7 Å².